The highest BCUT2D eigenvalue weighted by Crippen LogP contribution is 2.36. The number of halogens is 2. The minimum absolute atomic E-state index is 0.229. The Morgan fingerprint density at radius 2 is 1.94 bits per heavy atom. The first kappa shape index (κ1) is 19.9. The van der Waals surface area contributed by atoms with Crippen molar-refractivity contribution in [3.63, 3.8) is 0 Å². The number of aryl methyl sites for hydroxylation is 1. The molecule has 5 rings (SSSR count). The lowest BCUT2D eigenvalue weighted by molar-refractivity contribution is 0.0384. The second-order valence-electron chi connectivity index (χ2n) is 8.41. The summed E-state index contributed by atoms with van der Waals surface area (Å²) >= 11 is 0. The Balaban J connectivity index is 1.27. The Kier molecular flexibility index (Phi) is 5.32. The van der Waals surface area contributed by atoms with Crippen LogP contribution in [0.4, 0.5) is 8.78 Å². The maximum Gasteiger partial charge on any atom is 0.154 e. The zero-order valence-electron chi connectivity index (χ0n) is 17.5. The van der Waals surface area contributed by atoms with Crippen LogP contribution in [0.25, 0.3) is 22.2 Å². The first-order chi connectivity index (χ1) is 15.1. The fourth-order valence-electron chi connectivity index (χ4n) is 4.79. The highest BCUT2D eigenvalue weighted by molar-refractivity contribution is 5.83. The van der Waals surface area contributed by atoms with Crippen molar-refractivity contribution in [3.8, 4) is 11.3 Å². The van der Waals surface area contributed by atoms with Crippen LogP contribution in [-0.4, -0.2) is 39.5 Å². The molecule has 31 heavy (non-hydrogen) atoms. The lowest BCUT2D eigenvalue weighted by atomic mass is 9.88. The van der Waals surface area contributed by atoms with Crippen LogP contribution < -0.4 is 0 Å². The van der Waals surface area contributed by atoms with Crippen molar-refractivity contribution in [3.05, 3.63) is 77.4 Å². The molecule has 2 aromatic carbocycles. The normalized spacial score (nSPS) is 19.8. The van der Waals surface area contributed by atoms with Crippen LogP contribution in [0.15, 0.2) is 54.7 Å². The third-order valence-electron chi connectivity index (χ3n) is 6.54. The summed E-state index contributed by atoms with van der Waals surface area (Å²) in [5, 5.41) is 8.64. The average Bonchev–Trinajstić information content (AvgIpc) is 3.37. The molecule has 2 atom stereocenters. The van der Waals surface area contributed by atoms with Gasteiger partial charge >= 0.3 is 0 Å². The number of nitrogens with one attached hydrogen (secondary N) is 2. The van der Waals surface area contributed by atoms with E-state index in [4.69, 9.17) is 0 Å². The summed E-state index contributed by atoms with van der Waals surface area (Å²) in [6.45, 7) is 3.34. The quantitative estimate of drug-likeness (QED) is 0.406. The van der Waals surface area contributed by atoms with Crippen molar-refractivity contribution in [2.45, 2.75) is 38.4 Å². The molecule has 1 aliphatic heterocycles. The van der Waals surface area contributed by atoms with E-state index >= 15 is 4.39 Å². The molecule has 0 radical (unpaired) electrons. The summed E-state index contributed by atoms with van der Waals surface area (Å²) in [5.41, 5.74) is 6.07. The van der Waals surface area contributed by atoms with Crippen LogP contribution in [0.3, 0.4) is 0 Å². The molecule has 1 saturated heterocycles. The van der Waals surface area contributed by atoms with Gasteiger partial charge in [0.15, 0.2) is 6.30 Å². The monoisotopic (exact) mass is 420 g/mol. The van der Waals surface area contributed by atoms with Gasteiger partial charge in [-0.05, 0) is 68.0 Å². The van der Waals surface area contributed by atoms with Crippen LogP contribution in [0.2, 0.25) is 0 Å². The van der Waals surface area contributed by atoms with E-state index in [-0.39, 0.29) is 11.7 Å². The summed E-state index contributed by atoms with van der Waals surface area (Å²) in [7, 11) is 0. The Hall–Kier alpha value is -2.99. The van der Waals surface area contributed by atoms with Crippen molar-refractivity contribution in [1.29, 1.82) is 0 Å². The minimum Gasteiger partial charge on any atom is -0.361 e. The standard InChI is InChI=1S/C25H26F2N4/c1-16-20(25(30-29-16)17-6-8-19(26)9-7-17)11-13-31-12-10-18(14-24(31)27)22-15-28-23-5-3-2-4-21(22)23/h2-9,15,18,24,28H,10-14H2,1H3,(H,29,30). The van der Waals surface area contributed by atoms with Crippen molar-refractivity contribution in [2.75, 3.05) is 13.1 Å². The highest BCUT2D eigenvalue weighted by atomic mass is 19.1. The van der Waals surface area contributed by atoms with Gasteiger partial charge in [0.05, 0.1) is 5.69 Å². The van der Waals surface area contributed by atoms with Crippen LogP contribution in [0, 0.1) is 12.7 Å². The molecule has 0 spiro atoms. The Morgan fingerprint density at radius 3 is 2.74 bits per heavy atom. The number of rotatable bonds is 5. The summed E-state index contributed by atoms with van der Waals surface area (Å²) in [6, 6.07) is 14.6. The van der Waals surface area contributed by atoms with E-state index in [2.05, 4.69) is 27.3 Å². The number of hydrogen-bond donors (Lipinski definition) is 2. The van der Waals surface area contributed by atoms with Crippen LogP contribution in [-0.2, 0) is 6.42 Å². The number of likely N-dealkylation sites (tertiary alicyclic amines) is 1. The smallest absolute Gasteiger partial charge is 0.154 e. The van der Waals surface area contributed by atoms with Crippen LogP contribution in [0.5, 0.6) is 0 Å². The van der Waals surface area contributed by atoms with E-state index in [1.54, 1.807) is 12.1 Å². The average molecular weight is 421 g/mol. The maximum atomic E-state index is 15.1. The van der Waals surface area contributed by atoms with Gasteiger partial charge in [0.25, 0.3) is 0 Å². The Bertz CT molecular complexity index is 1180. The molecular formula is C25H26F2N4. The van der Waals surface area contributed by atoms with Gasteiger partial charge < -0.3 is 4.98 Å². The molecule has 4 nitrogen and oxygen atoms in total. The molecule has 0 saturated carbocycles. The van der Waals surface area contributed by atoms with Gasteiger partial charge in [0, 0.05) is 47.0 Å². The first-order valence-corrected chi connectivity index (χ1v) is 10.8. The van der Waals surface area contributed by atoms with Gasteiger partial charge in [-0.3, -0.25) is 10.00 Å². The van der Waals surface area contributed by atoms with E-state index in [1.165, 1.54) is 23.1 Å². The van der Waals surface area contributed by atoms with E-state index in [0.717, 1.165) is 41.0 Å². The van der Waals surface area contributed by atoms with Gasteiger partial charge in [-0.25, -0.2) is 8.78 Å². The summed E-state index contributed by atoms with van der Waals surface area (Å²) < 4.78 is 28.4. The number of hydrogen-bond acceptors (Lipinski definition) is 2. The molecule has 2 unspecified atom stereocenters. The summed E-state index contributed by atoms with van der Waals surface area (Å²) in [5.74, 6) is -0.0382. The van der Waals surface area contributed by atoms with Gasteiger partial charge in [-0.2, -0.15) is 5.10 Å². The molecule has 0 bridgehead atoms. The summed E-state index contributed by atoms with van der Waals surface area (Å²) in [4.78, 5) is 5.25. The first-order valence-electron chi connectivity index (χ1n) is 10.8. The molecule has 2 N–H and O–H groups in total. The number of fused-ring (bicyclic) bond motifs is 1. The topological polar surface area (TPSA) is 47.7 Å². The number of benzene rings is 2. The summed E-state index contributed by atoms with van der Waals surface area (Å²) in [6.07, 6.45) is 3.23. The number of piperidine rings is 1. The molecule has 1 fully saturated rings. The SMILES string of the molecule is Cc1[nH]nc(-c2ccc(F)cc2)c1CCN1CCC(c2c[nH]c3ccccc23)CC1F. The van der Waals surface area contributed by atoms with E-state index in [9.17, 15) is 4.39 Å². The predicted molar refractivity (Wildman–Crippen MR) is 119 cm³/mol. The zero-order chi connectivity index (χ0) is 21.4. The molecule has 1 aliphatic rings. The fraction of sp³-hybridized carbons (Fsp3) is 0.320. The predicted octanol–water partition coefficient (Wildman–Crippen LogP) is 5.72. The third-order valence-corrected chi connectivity index (χ3v) is 6.54. The third kappa shape index (κ3) is 3.88. The lowest BCUT2D eigenvalue weighted by Crippen LogP contribution is -2.40. The van der Waals surface area contributed by atoms with Gasteiger partial charge in [0.2, 0.25) is 0 Å². The highest BCUT2D eigenvalue weighted by Gasteiger charge is 2.30. The second-order valence-corrected chi connectivity index (χ2v) is 8.41. The molecule has 3 heterocycles. The Morgan fingerprint density at radius 1 is 1.13 bits per heavy atom. The number of aromatic nitrogens is 3. The second kappa shape index (κ2) is 8.27. The van der Waals surface area contributed by atoms with E-state index in [1.807, 2.05) is 30.2 Å². The van der Waals surface area contributed by atoms with Crippen molar-refractivity contribution < 1.29 is 8.78 Å². The molecular weight excluding hydrogens is 394 g/mol. The van der Waals surface area contributed by atoms with Crippen molar-refractivity contribution in [2.24, 2.45) is 0 Å². The lowest BCUT2D eigenvalue weighted by Gasteiger charge is -2.35. The molecule has 160 valence electrons. The number of para-hydroxylation sites is 1. The minimum atomic E-state index is -0.964. The Labute approximate surface area is 180 Å². The van der Waals surface area contributed by atoms with Crippen LogP contribution in [0.1, 0.15) is 35.6 Å². The van der Waals surface area contributed by atoms with Crippen LogP contribution >= 0.6 is 0 Å². The van der Waals surface area contributed by atoms with Gasteiger partial charge in [-0.1, -0.05) is 18.2 Å². The maximum absolute atomic E-state index is 15.1. The zero-order valence-corrected chi connectivity index (χ0v) is 17.5. The largest absolute Gasteiger partial charge is 0.361 e. The van der Waals surface area contributed by atoms with Gasteiger partial charge in [0.1, 0.15) is 5.82 Å². The van der Waals surface area contributed by atoms with Crippen molar-refractivity contribution >= 4 is 10.9 Å². The molecule has 4 aromatic rings. The number of H-pyrrole nitrogens is 2. The molecule has 6 heteroatoms. The molecule has 0 aliphatic carbocycles. The number of aromatic amines is 2. The number of nitrogens with zero attached hydrogens (tertiary/aromatic N) is 2. The number of alkyl halides is 1. The molecule has 0 amide bonds. The fourth-order valence-corrected chi connectivity index (χ4v) is 4.79. The van der Waals surface area contributed by atoms with E-state index in [0.29, 0.717) is 19.4 Å². The molecule has 2 aromatic heterocycles. The van der Waals surface area contributed by atoms with E-state index < -0.39 is 6.30 Å². The van der Waals surface area contributed by atoms with Gasteiger partial charge in [-0.15, -0.1) is 0 Å². The van der Waals surface area contributed by atoms with Crippen molar-refractivity contribution in [1.82, 2.24) is 20.1 Å².